The van der Waals surface area contributed by atoms with Gasteiger partial charge in [-0.25, -0.2) is 13.5 Å². The van der Waals surface area contributed by atoms with Gasteiger partial charge >= 0.3 is 0 Å². The van der Waals surface area contributed by atoms with Gasteiger partial charge in [-0.15, -0.1) is 5.10 Å². The number of ether oxygens (including phenoxy) is 2. The number of aliphatic hydroxyl groups is 2. The van der Waals surface area contributed by atoms with Crippen molar-refractivity contribution in [1.29, 1.82) is 0 Å². The number of aliphatic hydroxyl groups excluding tert-OH is 2. The van der Waals surface area contributed by atoms with Gasteiger partial charge in [-0.2, -0.15) is 0 Å². The van der Waals surface area contributed by atoms with Crippen molar-refractivity contribution in [2.45, 2.75) is 34.7 Å². The van der Waals surface area contributed by atoms with E-state index in [-0.39, 0.29) is 11.3 Å². The predicted molar refractivity (Wildman–Crippen MR) is 124 cm³/mol. The van der Waals surface area contributed by atoms with Crippen molar-refractivity contribution in [3.63, 3.8) is 0 Å². The average molecular weight is 553 g/mol. The van der Waals surface area contributed by atoms with Crippen LogP contribution in [0.4, 0.5) is 8.78 Å². The van der Waals surface area contributed by atoms with Crippen LogP contribution in [0, 0.1) is 11.6 Å². The Morgan fingerprint density at radius 1 is 1.15 bits per heavy atom. The molecule has 34 heavy (non-hydrogen) atoms. The van der Waals surface area contributed by atoms with Crippen LogP contribution in [-0.2, 0) is 9.47 Å². The lowest BCUT2D eigenvalue weighted by Crippen LogP contribution is -2.55. The molecule has 1 aliphatic rings. The number of aromatic nitrogens is 3. The standard InChI is InChI=1S/C21H18Cl3F2N3O4S/c1-32-20-18(29-7-15(27-28-29)9-4-13(25)17(24)14(26)5-9)19(31)16(8-30)33-21(20)34-10-2-3-11(22)12(23)6-10/h2-7,16,18-21,30-31H,8H2,1H3/t16?,18?,19-,20-,21+/m0/s1. The third kappa shape index (κ3) is 5.05. The lowest BCUT2D eigenvalue weighted by atomic mass is 9.97. The summed E-state index contributed by atoms with van der Waals surface area (Å²) in [5, 5.41) is 28.9. The van der Waals surface area contributed by atoms with Gasteiger partial charge in [0.05, 0.1) is 22.8 Å². The second-order valence-electron chi connectivity index (χ2n) is 7.44. The highest BCUT2D eigenvalue weighted by Crippen LogP contribution is 2.41. The highest BCUT2D eigenvalue weighted by molar-refractivity contribution is 7.99. The zero-order chi connectivity index (χ0) is 24.6. The fourth-order valence-electron chi connectivity index (χ4n) is 3.65. The molecular weight excluding hydrogens is 535 g/mol. The van der Waals surface area contributed by atoms with Crippen molar-refractivity contribution in [3.8, 4) is 11.3 Å². The third-order valence-corrected chi connectivity index (χ3v) is 7.57. The van der Waals surface area contributed by atoms with E-state index in [1.807, 2.05) is 0 Å². The molecule has 13 heteroatoms. The SMILES string of the molecule is CO[C@H]1C(n2cc(-c3cc(F)c(Cl)c(F)c3)nn2)[C@@H](O)C(CO)O[C@@H]1Sc1ccc(Cl)c(Cl)c1. The summed E-state index contributed by atoms with van der Waals surface area (Å²) in [6.45, 7) is -0.471. The minimum absolute atomic E-state index is 0.113. The van der Waals surface area contributed by atoms with E-state index in [0.29, 0.717) is 10.0 Å². The first-order valence-electron chi connectivity index (χ1n) is 9.89. The third-order valence-electron chi connectivity index (χ3n) is 5.34. The Kier molecular flexibility index (Phi) is 8.00. The first kappa shape index (κ1) is 25.6. The zero-order valence-corrected chi connectivity index (χ0v) is 20.5. The molecule has 5 atom stereocenters. The molecule has 182 valence electrons. The number of nitrogens with zero attached hydrogens (tertiary/aromatic N) is 3. The quantitative estimate of drug-likeness (QED) is 0.432. The molecule has 0 bridgehead atoms. The van der Waals surface area contributed by atoms with E-state index in [1.165, 1.54) is 29.8 Å². The smallest absolute Gasteiger partial charge is 0.145 e. The maximum absolute atomic E-state index is 13.9. The average Bonchev–Trinajstić information content (AvgIpc) is 3.30. The van der Waals surface area contributed by atoms with Gasteiger partial charge in [0.25, 0.3) is 0 Å². The van der Waals surface area contributed by atoms with Crippen molar-refractivity contribution in [2.24, 2.45) is 0 Å². The van der Waals surface area contributed by atoms with Crippen molar-refractivity contribution in [3.05, 3.63) is 63.2 Å². The molecule has 1 saturated heterocycles. The van der Waals surface area contributed by atoms with Crippen LogP contribution in [0.1, 0.15) is 6.04 Å². The van der Waals surface area contributed by atoms with Crippen LogP contribution in [0.25, 0.3) is 11.3 Å². The van der Waals surface area contributed by atoms with Crippen LogP contribution in [0.3, 0.4) is 0 Å². The normalized spacial score (nSPS) is 25.0. The molecule has 0 amide bonds. The van der Waals surface area contributed by atoms with Gasteiger partial charge in [0, 0.05) is 17.6 Å². The Labute approximate surface area is 212 Å². The minimum atomic E-state index is -1.23. The van der Waals surface area contributed by atoms with E-state index >= 15 is 0 Å². The van der Waals surface area contributed by atoms with Crippen LogP contribution in [-0.4, -0.2) is 62.7 Å². The van der Waals surface area contributed by atoms with Crippen LogP contribution >= 0.6 is 46.6 Å². The molecule has 2 N–H and O–H groups in total. The first-order valence-corrected chi connectivity index (χ1v) is 11.9. The maximum atomic E-state index is 13.9. The summed E-state index contributed by atoms with van der Waals surface area (Å²) in [7, 11) is 1.44. The van der Waals surface area contributed by atoms with E-state index in [2.05, 4.69) is 10.3 Å². The first-order chi connectivity index (χ1) is 16.2. The van der Waals surface area contributed by atoms with Crippen molar-refractivity contribution < 1.29 is 28.5 Å². The molecular formula is C21H18Cl3F2N3O4S. The van der Waals surface area contributed by atoms with Crippen molar-refractivity contribution in [1.82, 2.24) is 15.0 Å². The Hall–Kier alpha value is -1.50. The highest BCUT2D eigenvalue weighted by Gasteiger charge is 2.47. The molecule has 4 rings (SSSR count). The molecule has 0 saturated carbocycles. The second kappa shape index (κ2) is 10.6. The van der Waals surface area contributed by atoms with Crippen LogP contribution < -0.4 is 0 Å². The van der Waals surface area contributed by atoms with Crippen molar-refractivity contribution in [2.75, 3.05) is 13.7 Å². The number of methoxy groups -OCH3 is 1. The van der Waals surface area contributed by atoms with Gasteiger partial charge in [0.15, 0.2) is 0 Å². The molecule has 0 aliphatic carbocycles. The Morgan fingerprint density at radius 2 is 1.85 bits per heavy atom. The van der Waals surface area contributed by atoms with Gasteiger partial charge in [0.2, 0.25) is 0 Å². The Bertz CT molecular complexity index is 1160. The lowest BCUT2D eigenvalue weighted by molar-refractivity contribution is -0.186. The number of halogens is 5. The molecule has 1 aliphatic heterocycles. The molecule has 3 aromatic rings. The number of rotatable bonds is 6. The van der Waals surface area contributed by atoms with E-state index in [1.54, 1.807) is 18.2 Å². The zero-order valence-electron chi connectivity index (χ0n) is 17.4. The molecule has 2 unspecified atom stereocenters. The number of thioether (sulfide) groups is 1. The van der Waals surface area contributed by atoms with Gasteiger partial charge in [-0.1, -0.05) is 51.8 Å². The summed E-state index contributed by atoms with van der Waals surface area (Å²) in [6, 6.07) is 6.27. The highest BCUT2D eigenvalue weighted by atomic mass is 35.5. The molecule has 0 radical (unpaired) electrons. The van der Waals surface area contributed by atoms with E-state index in [4.69, 9.17) is 44.3 Å². The fourth-order valence-corrected chi connectivity index (χ4v) is 5.33. The summed E-state index contributed by atoms with van der Waals surface area (Å²) in [5.41, 5.74) is -0.426. The molecule has 1 fully saturated rings. The van der Waals surface area contributed by atoms with Crippen LogP contribution in [0.2, 0.25) is 15.1 Å². The van der Waals surface area contributed by atoms with Gasteiger partial charge in [0.1, 0.15) is 52.1 Å². The van der Waals surface area contributed by atoms with Crippen molar-refractivity contribution >= 4 is 46.6 Å². The largest absolute Gasteiger partial charge is 0.394 e. The lowest BCUT2D eigenvalue weighted by Gasteiger charge is -2.43. The summed E-state index contributed by atoms with van der Waals surface area (Å²) in [4.78, 5) is 0.722. The molecule has 7 nitrogen and oxygen atoms in total. The van der Waals surface area contributed by atoms with Crippen LogP contribution in [0.15, 0.2) is 41.4 Å². The monoisotopic (exact) mass is 551 g/mol. The number of hydrogen-bond donors (Lipinski definition) is 2. The Morgan fingerprint density at radius 3 is 2.47 bits per heavy atom. The summed E-state index contributed by atoms with van der Waals surface area (Å²) in [5.74, 6) is -1.88. The number of hydrogen-bond acceptors (Lipinski definition) is 7. The topological polar surface area (TPSA) is 89.6 Å². The van der Waals surface area contributed by atoms with Crippen LogP contribution in [0.5, 0.6) is 0 Å². The van der Waals surface area contributed by atoms with Gasteiger partial charge in [-0.3, -0.25) is 0 Å². The second-order valence-corrected chi connectivity index (χ2v) is 9.80. The van der Waals surface area contributed by atoms with E-state index in [0.717, 1.165) is 17.0 Å². The Balaban J connectivity index is 1.67. The molecule has 2 heterocycles. The summed E-state index contributed by atoms with van der Waals surface area (Å²) in [6.07, 6.45) is -1.53. The molecule has 2 aromatic carbocycles. The minimum Gasteiger partial charge on any atom is -0.394 e. The summed E-state index contributed by atoms with van der Waals surface area (Å²) >= 11 is 18.9. The maximum Gasteiger partial charge on any atom is 0.145 e. The summed E-state index contributed by atoms with van der Waals surface area (Å²) < 4.78 is 40.7. The van der Waals surface area contributed by atoms with E-state index in [9.17, 15) is 19.0 Å². The van der Waals surface area contributed by atoms with Gasteiger partial charge < -0.3 is 19.7 Å². The van der Waals surface area contributed by atoms with Gasteiger partial charge in [-0.05, 0) is 30.3 Å². The molecule has 1 aromatic heterocycles. The van der Waals surface area contributed by atoms with E-state index < -0.39 is 53.1 Å². The number of benzene rings is 2. The molecule has 0 spiro atoms. The fraction of sp³-hybridized carbons (Fsp3) is 0.333. The predicted octanol–water partition coefficient (Wildman–Crippen LogP) is 4.61.